The van der Waals surface area contributed by atoms with Crippen LogP contribution < -0.4 is 11.1 Å². The second kappa shape index (κ2) is 5.49. The number of anilines is 2. The van der Waals surface area contributed by atoms with Crippen molar-refractivity contribution in [1.82, 2.24) is 9.97 Å². The van der Waals surface area contributed by atoms with E-state index in [1.54, 1.807) is 6.07 Å². The Morgan fingerprint density at radius 3 is 2.61 bits per heavy atom. The molecule has 0 radical (unpaired) electrons. The Morgan fingerprint density at radius 2 is 1.94 bits per heavy atom. The van der Waals surface area contributed by atoms with Crippen LogP contribution in [0.1, 0.15) is 24.2 Å². The molecule has 0 fully saturated rings. The third-order valence-electron chi connectivity index (χ3n) is 2.82. The van der Waals surface area contributed by atoms with E-state index in [1.807, 2.05) is 13.0 Å². The van der Waals surface area contributed by atoms with Gasteiger partial charge in [-0.1, -0.05) is 37.3 Å². The van der Waals surface area contributed by atoms with Crippen LogP contribution in [-0.2, 0) is 0 Å². The zero-order valence-electron chi connectivity index (χ0n) is 10.7. The van der Waals surface area contributed by atoms with Crippen molar-refractivity contribution >= 4 is 11.6 Å². The number of aryl methyl sites for hydroxylation is 1. The summed E-state index contributed by atoms with van der Waals surface area (Å²) in [6, 6.07) is 12.2. The summed E-state index contributed by atoms with van der Waals surface area (Å²) in [6.07, 6.45) is 0. The zero-order valence-corrected chi connectivity index (χ0v) is 10.7. The number of hydrogen-bond donors (Lipinski definition) is 2. The normalized spacial score (nSPS) is 12.1. The van der Waals surface area contributed by atoms with E-state index in [0.29, 0.717) is 17.6 Å². The first-order valence-corrected chi connectivity index (χ1v) is 6.05. The molecule has 0 saturated carbocycles. The third kappa shape index (κ3) is 3.20. The maximum atomic E-state index is 5.69. The minimum absolute atomic E-state index is 0.419. The van der Waals surface area contributed by atoms with Crippen LogP contribution in [0.2, 0.25) is 0 Å². The molecule has 2 rings (SSSR count). The van der Waals surface area contributed by atoms with Crippen molar-refractivity contribution in [3.8, 4) is 0 Å². The Hall–Kier alpha value is -2.10. The summed E-state index contributed by atoms with van der Waals surface area (Å²) in [4.78, 5) is 8.34. The third-order valence-corrected chi connectivity index (χ3v) is 2.82. The molecular weight excluding hydrogens is 224 g/mol. The van der Waals surface area contributed by atoms with E-state index in [1.165, 1.54) is 5.56 Å². The van der Waals surface area contributed by atoms with Gasteiger partial charge in [-0.3, -0.25) is 0 Å². The van der Waals surface area contributed by atoms with Gasteiger partial charge in [-0.15, -0.1) is 0 Å². The van der Waals surface area contributed by atoms with Crippen LogP contribution in [0, 0.1) is 6.92 Å². The highest BCUT2D eigenvalue weighted by Crippen LogP contribution is 2.16. The SMILES string of the molecule is Cc1nc(N)cc(NCC(C)c2ccccc2)n1. The van der Waals surface area contributed by atoms with E-state index in [0.717, 1.165) is 12.4 Å². The maximum absolute atomic E-state index is 5.69. The van der Waals surface area contributed by atoms with Crippen molar-refractivity contribution in [3.05, 3.63) is 47.8 Å². The molecule has 0 saturated heterocycles. The van der Waals surface area contributed by atoms with E-state index in [9.17, 15) is 0 Å². The van der Waals surface area contributed by atoms with Gasteiger partial charge in [0.15, 0.2) is 0 Å². The van der Waals surface area contributed by atoms with Crippen LogP contribution in [0.5, 0.6) is 0 Å². The van der Waals surface area contributed by atoms with Gasteiger partial charge in [0.1, 0.15) is 17.5 Å². The summed E-state index contributed by atoms with van der Waals surface area (Å²) in [5.74, 6) is 2.38. The van der Waals surface area contributed by atoms with E-state index in [4.69, 9.17) is 5.73 Å². The summed E-state index contributed by atoms with van der Waals surface area (Å²) >= 11 is 0. The van der Waals surface area contributed by atoms with Gasteiger partial charge in [0.2, 0.25) is 0 Å². The average Bonchev–Trinajstić information content (AvgIpc) is 2.36. The Balaban J connectivity index is 1.99. The van der Waals surface area contributed by atoms with Crippen molar-refractivity contribution in [2.45, 2.75) is 19.8 Å². The van der Waals surface area contributed by atoms with Gasteiger partial charge < -0.3 is 11.1 Å². The van der Waals surface area contributed by atoms with Crippen molar-refractivity contribution in [2.24, 2.45) is 0 Å². The summed E-state index contributed by atoms with van der Waals surface area (Å²) in [6.45, 7) is 4.84. The molecule has 1 atom stereocenters. The fourth-order valence-corrected chi connectivity index (χ4v) is 1.84. The molecule has 18 heavy (non-hydrogen) atoms. The lowest BCUT2D eigenvalue weighted by atomic mass is 10.0. The molecule has 1 heterocycles. The standard InChI is InChI=1S/C14H18N4/c1-10(12-6-4-3-5-7-12)9-16-14-8-13(15)17-11(2)18-14/h3-8,10H,9H2,1-2H3,(H3,15,16,17,18). The number of nitrogens with two attached hydrogens (primary N) is 1. The largest absolute Gasteiger partial charge is 0.384 e. The summed E-state index contributed by atoms with van der Waals surface area (Å²) < 4.78 is 0. The molecule has 0 aliphatic carbocycles. The van der Waals surface area contributed by atoms with Crippen molar-refractivity contribution < 1.29 is 0 Å². The molecule has 4 heteroatoms. The monoisotopic (exact) mass is 242 g/mol. The Morgan fingerprint density at radius 1 is 1.22 bits per heavy atom. The Kier molecular flexibility index (Phi) is 3.77. The number of nitrogens with one attached hydrogen (secondary N) is 1. The van der Waals surface area contributed by atoms with Crippen molar-refractivity contribution in [2.75, 3.05) is 17.6 Å². The van der Waals surface area contributed by atoms with Crippen LogP contribution in [0.15, 0.2) is 36.4 Å². The zero-order chi connectivity index (χ0) is 13.0. The molecule has 0 amide bonds. The van der Waals surface area contributed by atoms with Gasteiger partial charge >= 0.3 is 0 Å². The predicted octanol–water partition coefficient (Wildman–Crippen LogP) is 2.58. The number of aromatic nitrogens is 2. The lowest BCUT2D eigenvalue weighted by Crippen LogP contribution is -2.12. The van der Waals surface area contributed by atoms with Crippen molar-refractivity contribution in [3.63, 3.8) is 0 Å². The van der Waals surface area contributed by atoms with Crippen LogP contribution in [-0.4, -0.2) is 16.5 Å². The molecule has 1 unspecified atom stereocenters. The fourth-order valence-electron chi connectivity index (χ4n) is 1.84. The van der Waals surface area contributed by atoms with Crippen LogP contribution in [0.4, 0.5) is 11.6 Å². The van der Waals surface area contributed by atoms with E-state index in [-0.39, 0.29) is 0 Å². The molecule has 0 aliphatic heterocycles. The first kappa shape index (κ1) is 12.4. The minimum atomic E-state index is 0.419. The van der Waals surface area contributed by atoms with Gasteiger partial charge in [0.25, 0.3) is 0 Å². The predicted molar refractivity (Wildman–Crippen MR) is 74.5 cm³/mol. The first-order valence-electron chi connectivity index (χ1n) is 6.05. The Labute approximate surface area is 107 Å². The molecule has 2 aromatic rings. The van der Waals surface area contributed by atoms with Gasteiger partial charge in [-0.25, -0.2) is 9.97 Å². The number of benzene rings is 1. The summed E-state index contributed by atoms with van der Waals surface area (Å²) in [5, 5.41) is 3.29. The lowest BCUT2D eigenvalue weighted by Gasteiger charge is -2.13. The maximum Gasteiger partial charge on any atom is 0.131 e. The smallest absolute Gasteiger partial charge is 0.131 e. The van der Waals surface area contributed by atoms with Gasteiger partial charge in [-0.05, 0) is 18.4 Å². The fraction of sp³-hybridized carbons (Fsp3) is 0.286. The molecule has 1 aromatic heterocycles. The quantitative estimate of drug-likeness (QED) is 0.865. The van der Waals surface area contributed by atoms with Gasteiger partial charge in [0, 0.05) is 12.6 Å². The second-order valence-electron chi connectivity index (χ2n) is 4.42. The van der Waals surface area contributed by atoms with Crippen molar-refractivity contribution in [1.29, 1.82) is 0 Å². The minimum Gasteiger partial charge on any atom is -0.384 e. The van der Waals surface area contributed by atoms with Gasteiger partial charge in [-0.2, -0.15) is 0 Å². The highest BCUT2D eigenvalue weighted by atomic mass is 15.0. The highest BCUT2D eigenvalue weighted by molar-refractivity contribution is 5.44. The molecule has 0 bridgehead atoms. The molecule has 94 valence electrons. The molecule has 4 nitrogen and oxygen atoms in total. The number of rotatable bonds is 4. The summed E-state index contributed by atoms with van der Waals surface area (Å²) in [7, 11) is 0. The van der Waals surface area contributed by atoms with Gasteiger partial charge in [0.05, 0.1) is 0 Å². The number of nitrogens with zero attached hydrogens (tertiary/aromatic N) is 2. The van der Waals surface area contributed by atoms with Crippen LogP contribution in [0.3, 0.4) is 0 Å². The van der Waals surface area contributed by atoms with Crippen LogP contribution >= 0.6 is 0 Å². The van der Waals surface area contributed by atoms with E-state index in [2.05, 4.69) is 46.5 Å². The number of hydrogen-bond acceptors (Lipinski definition) is 4. The first-order chi connectivity index (χ1) is 8.65. The molecule has 3 N–H and O–H groups in total. The topological polar surface area (TPSA) is 63.8 Å². The number of nitrogen functional groups attached to an aromatic ring is 1. The van der Waals surface area contributed by atoms with E-state index >= 15 is 0 Å². The molecule has 1 aromatic carbocycles. The summed E-state index contributed by atoms with van der Waals surface area (Å²) in [5.41, 5.74) is 6.99. The molecule has 0 spiro atoms. The molecular formula is C14H18N4. The van der Waals surface area contributed by atoms with Crippen LogP contribution in [0.25, 0.3) is 0 Å². The van der Waals surface area contributed by atoms with E-state index < -0.39 is 0 Å². The lowest BCUT2D eigenvalue weighted by molar-refractivity contribution is 0.800. The average molecular weight is 242 g/mol. The second-order valence-corrected chi connectivity index (χ2v) is 4.42. The highest BCUT2D eigenvalue weighted by Gasteiger charge is 2.05. The Bertz CT molecular complexity index is 490. The molecule has 0 aliphatic rings.